The molecule has 6 nitrogen and oxygen atoms in total. The Morgan fingerprint density at radius 1 is 0.969 bits per heavy atom. The lowest BCUT2D eigenvalue weighted by Crippen LogP contribution is -2.28. The molecule has 0 aliphatic carbocycles. The third-order valence-corrected chi connectivity index (χ3v) is 6.90. The summed E-state index contributed by atoms with van der Waals surface area (Å²) in [6.07, 6.45) is 0.632. The molecule has 0 aliphatic heterocycles. The fourth-order valence-electron chi connectivity index (χ4n) is 3.19. The molecule has 0 saturated carbocycles. The Hall–Kier alpha value is -3.16. The summed E-state index contributed by atoms with van der Waals surface area (Å²) in [5.74, 6) is -0.319. The number of carbonyl (C=O) groups is 1. The zero-order valence-electron chi connectivity index (χ0n) is 18.3. The molecule has 1 N–H and O–H groups in total. The van der Waals surface area contributed by atoms with Crippen LogP contribution in [0.1, 0.15) is 35.4 Å². The first-order valence-corrected chi connectivity index (χ1v) is 11.9. The van der Waals surface area contributed by atoms with Crippen molar-refractivity contribution in [3.05, 3.63) is 96.1 Å². The van der Waals surface area contributed by atoms with Gasteiger partial charge in [0.25, 0.3) is 15.9 Å². The molecular weight excluding hydrogens is 424 g/mol. The maximum absolute atomic E-state index is 13.0. The summed E-state index contributed by atoms with van der Waals surface area (Å²) in [6, 6.07) is 24.8. The summed E-state index contributed by atoms with van der Waals surface area (Å²) < 4.78 is 32.9. The molecule has 168 valence electrons. The van der Waals surface area contributed by atoms with Crippen LogP contribution in [0.15, 0.2) is 89.8 Å². The number of nitrogens with zero attached hydrogens (tertiary/aromatic N) is 1. The van der Waals surface area contributed by atoms with Gasteiger partial charge < -0.3 is 10.1 Å². The van der Waals surface area contributed by atoms with Gasteiger partial charge in [0.2, 0.25) is 0 Å². The van der Waals surface area contributed by atoms with E-state index in [2.05, 4.69) is 5.32 Å². The Kier molecular flexibility index (Phi) is 8.03. The minimum absolute atomic E-state index is 0.0182. The highest BCUT2D eigenvalue weighted by Gasteiger charge is 2.22. The van der Waals surface area contributed by atoms with Crippen molar-refractivity contribution in [2.24, 2.45) is 0 Å². The van der Waals surface area contributed by atoms with Crippen LogP contribution in [0, 0.1) is 0 Å². The third kappa shape index (κ3) is 5.96. The van der Waals surface area contributed by atoms with Crippen molar-refractivity contribution in [3.63, 3.8) is 0 Å². The number of anilines is 1. The van der Waals surface area contributed by atoms with Gasteiger partial charge in [-0.3, -0.25) is 9.10 Å². The molecule has 3 aromatic carbocycles. The molecule has 0 aromatic heterocycles. The summed E-state index contributed by atoms with van der Waals surface area (Å²) in [7, 11) is -2.29. The number of hydrogen-bond acceptors (Lipinski definition) is 4. The van der Waals surface area contributed by atoms with Gasteiger partial charge in [-0.1, -0.05) is 54.6 Å². The van der Waals surface area contributed by atoms with Crippen molar-refractivity contribution in [3.8, 4) is 0 Å². The molecule has 1 amide bonds. The molecule has 0 fully saturated rings. The minimum atomic E-state index is -3.78. The van der Waals surface area contributed by atoms with Crippen molar-refractivity contribution in [1.82, 2.24) is 5.32 Å². The second kappa shape index (κ2) is 10.9. The average molecular weight is 453 g/mol. The zero-order valence-corrected chi connectivity index (χ0v) is 19.1. The molecule has 1 atom stereocenters. The Bertz CT molecular complexity index is 1120. The Labute approximate surface area is 189 Å². The summed E-state index contributed by atoms with van der Waals surface area (Å²) in [4.78, 5) is 12.6. The second-order valence-corrected chi connectivity index (χ2v) is 9.34. The summed E-state index contributed by atoms with van der Waals surface area (Å²) in [6.45, 7) is 2.93. The maximum atomic E-state index is 13.0. The molecule has 3 aromatic rings. The molecule has 3 rings (SSSR count). The predicted molar refractivity (Wildman–Crippen MR) is 126 cm³/mol. The number of rotatable bonds is 10. The summed E-state index contributed by atoms with van der Waals surface area (Å²) >= 11 is 0. The van der Waals surface area contributed by atoms with Crippen molar-refractivity contribution in [1.29, 1.82) is 0 Å². The monoisotopic (exact) mass is 452 g/mol. The van der Waals surface area contributed by atoms with Gasteiger partial charge in [0.15, 0.2) is 0 Å². The van der Waals surface area contributed by atoms with Crippen molar-refractivity contribution < 1.29 is 17.9 Å². The average Bonchev–Trinajstić information content (AvgIpc) is 2.84. The summed E-state index contributed by atoms with van der Waals surface area (Å²) in [5, 5.41) is 2.82. The van der Waals surface area contributed by atoms with Crippen LogP contribution in [0.3, 0.4) is 0 Å². The first-order valence-electron chi connectivity index (χ1n) is 10.5. The number of amides is 1. The van der Waals surface area contributed by atoms with Gasteiger partial charge in [-0.05, 0) is 49.2 Å². The van der Waals surface area contributed by atoms with Gasteiger partial charge in [-0.25, -0.2) is 8.42 Å². The Morgan fingerprint density at radius 2 is 1.62 bits per heavy atom. The van der Waals surface area contributed by atoms with E-state index >= 15 is 0 Å². The number of benzene rings is 3. The molecule has 0 heterocycles. The highest BCUT2D eigenvalue weighted by Crippen LogP contribution is 2.22. The lowest BCUT2D eigenvalue weighted by Gasteiger charge is -2.19. The molecule has 0 radical (unpaired) electrons. The van der Waals surface area contributed by atoms with Gasteiger partial charge in [-0.15, -0.1) is 0 Å². The van der Waals surface area contributed by atoms with Crippen molar-refractivity contribution in [2.75, 3.05) is 24.5 Å². The van der Waals surface area contributed by atoms with E-state index in [4.69, 9.17) is 4.74 Å². The standard InChI is InChI=1S/C25H28N2O4S/c1-20(21-11-5-3-6-12-21)31-18-10-17-26-25(28)22-13-9-16-24(19-22)32(29,30)27(2)23-14-7-4-8-15-23/h3-9,11-16,19-20H,10,17-18H2,1-2H3,(H,26,28). The smallest absolute Gasteiger partial charge is 0.264 e. The van der Waals surface area contributed by atoms with Gasteiger partial charge in [0, 0.05) is 25.8 Å². The molecule has 0 saturated heterocycles. The van der Waals surface area contributed by atoms with Crippen LogP contribution in [0.2, 0.25) is 0 Å². The van der Waals surface area contributed by atoms with E-state index in [1.165, 1.54) is 23.5 Å². The summed E-state index contributed by atoms with van der Waals surface area (Å²) in [5.41, 5.74) is 1.95. The molecule has 0 spiro atoms. The van der Waals surface area contributed by atoms with Crippen LogP contribution in [-0.4, -0.2) is 34.5 Å². The highest BCUT2D eigenvalue weighted by molar-refractivity contribution is 7.92. The van der Waals surface area contributed by atoms with Crippen LogP contribution in [0.4, 0.5) is 5.69 Å². The number of hydrogen-bond donors (Lipinski definition) is 1. The third-order valence-electron chi connectivity index (χ3n) is 5.12. The van der Waals surface area contributed by atoms with E-state index in [1.54, 1.807) is 36.4 Å². The first-order chi connectivity index (χ1) is 15.4. The number of carbonyl (C=O) groups excluding carboxylic acids is 1. The lowest BCUT2D eigenvalue weighted by molar-refractivity contribution is 0.0635. The van der Waals surface area contributed by atoms with Crippen molar-refractivity contribution in [2.45, 2.75) is 24.3 Å². The Balaban J connectivity index is 1.54. The highest BCUT2D eigenvalue weighted by atomic mass is 32.2. The zero-order chi connectivity index (χ0) is 23.0. The van der Waals surface area contributed by atoms with Crippen LogP contribution in [0.25, 0.3) is 0 Å². The van der Waals surface area contributed by atoms with Crippen LogP contribution >= 0.6 is 0 Å². The molecule has 7 heteroatoms. The fraction of sp³-hybridized carbons (Fsp3) is 0.240. The molecule has 1 unspecified atom stereocenters. The number of nitrogens with one attached hydrogen (secondary N) is 1. The quantitative estimate of drug-likeness (QED) is 0.463. The van der Waals surface area contributed by atoms with Gasteiger partial charge >= 0.3 is 0 Å². The van der Waals surface area contributed by atoms with Gasteiger partial charge in [-0.2, -0.15) is 0 Å². The van der Waals surface area contributed by atoms with E-state index < -0.39 is 10.0 Å². The molecule has 0 bridgehead atoms. The number of para-hydroxylation sites is 1. The van der Waals surface area contributed by atoms with E-state index in [9.17, 15) is 13.2 Å². The number of sulfonamides is 1. The van der Waals surface area contributed by atoms with E-state index in [0.717, 1.165) is 5.56 Å². The topological polar surface area (TPSA) is 75.7 Å². The maximum Gasteiger partial charge on any atom is 0.264 e. The van der Waals surface area contributed by atoms with E-state index in [-0.39, 0.29) is 16.9 Å². The van der Waals surface area contributed by atoms with Crippen molar-refractivity contribution >= 4 is 21.6 Å². The second-order valence-electron chi connectivity index (χ2n) is 7.37. The Morgan fingerprint density at radius 3 is 2.31 bits per heavy atom. The molecule has 32 heavy (non-hydrogen) atoms. The van der Waals surface area contributed by atoms with Crippen LogP contribution in [-0.2, 0) is 14.8 Å². The molecular formula is C25H28N2O4S. The van der Waals surface area contributed by atoms with E-state index in [0.29, 0.717) is 30.8 Å². The first kappa shape index (κ1) is 23.5. The lowest BCUT2D eigenvalue weighted by atomic mass is 10.1. The fourth-order valence-corrected chi connectivity index (χ4v) is 4.43. The predicted octanol–water partition coefficient (Wildman–Crippen LogP) is 4.41. The minimum Gasteiger partial charge on any atom is -0.374 e. The van der Waals surface area contributed by atoms with E-state index in [1.807, 2.05) is 43.3 Å². The van der Waals surface area contributed by atoms with Crippen LogP contribution in [0.5, 0.6) is 0 Å². The van der Waals surface area contributed by atoms with Crippen LogP contribution < -0.4 is 9.62 Å². The SMILES string of the molecule is CC(OCCCNC(=O)c1cccc(S(=O)(=O)N(C)c2ccccc2)c1)c1ccccc1. The van der Waals surface area contributed by atoms with Gasteiger partial charge in [0.1, 0.15) is 0 Å². The number of ether oxygens (including phenoxy) is 1. The molecule has 0 aliphatic rings. The largest absolute Gasteiger partial charge is 0.374 e. The normalized spacial score (nSPS) is 12.2. The van der Waals surface area contributed by atoms with Gasteiger partial charge in [0.05, 0.1) is 16.7 Å².